The van der Waals surface area contributed by atoms with Gasteiger partial charge in [-0.05, 0) is 54.4 Å². The smallest absolute Gasteiger partial charge is 0.389 e. The van der Waals surface area contributed by atoms with Gasteiger partial charge in [0, 0.05) is 24.6 Å². The van der Waals surface area contributed by atoms with Crippen LogP contribution < -0.4 is 10.6 Å². The van der Waals surface area contributed by atoms with E-state index in [1.807, 2.05) is 0 Å². The molecule has 0 radical (unpaired) electrons. The fourth-order valence-corrected chi connectivity index (χ4v) is 4.00. The van der Waals surface area contributed by atoms with Crippen molar-refractivity contribution in [3.63, 3.8) is 0 Å². The third-order valence-electron chi connectivity index (χ3n) is 5.82. The first kappa shape index (κ1) is 27.3. The highest BCUT2D eigenvalue weighted by molar-refractivity contribution is 6.11. The van der Waals surface area contributed by atoms with Gasteiger partial charge in [0.25, 0.3) is 11.8 Å². The lowest BCUT2D eigenvalue weighted by atomic mass is 9.96. The Labute approximate surface area is 218 Å². The summed E-state index contributed by atoms with van der Waals surface area (Å²) in [6.45, 7) is -0.385. The Kier molecular flexibility index (Phi) is 7.62. The van der Waals surface area contributed by atoms with Crippen LogP contribution in [0, 0.1) is 23.0 Å². The van der Waals surface area contributed by atoms with Gasteiger partial charge in [0.15, 0.2) is 0 Å². The Morgan fingerprint density at radius 2 is 1.72 bits per heavy atom. The van der Waals surface area contributed by atoms with Crippen molar-refractivity contribution in [3.05, 3.63) is 77.0 Å². The van der Waals surface area contributed by atoms with Crippen molar-refractivity contribution < 1.29 is 36.0 Å². The van der Waals surface area contributed by atoms with Crippen molar-refractivity contribution >= 4 is 22.9 Å². The van der Waals surface area contributed by atoms with Gasteiger partial charge in [0.2, 0.25) is 5.71 Å². The molecule has 2 heterocycles. The van der Waals surface area contributed by atoms with E-state index in [4.69, 9.17) is 9.68 Å². The normalized spacial score (nSPS) is 11.3. The lowest BCUT2D eigenvalue weighted by Crippen LogP contribution is -2.24. The zero-order valence-electron chi connectivity index (χ0n) is 20.2. The minimum atomic E-state index is -4.52. The highest BCUT2D eigenvalue weighted by Gasteiger charge is 2.29. The van der Waals surface area contributed by atoms with E-state index in [0.717, 1.165) is 24.3 Å². The summed E-state index contributed by atoms with van der Waals surface area (Å²) in [4.78, 5) is 29.5. The van der Waals surface area contributed by atoms with E-state index >= 15 is 0 Å². The maximum atomic E-state index is 14.5. The number of nitrogens with one attached hydrogen (secondary N) is 2. The Morgan fingerprint density at radius 1 is 1.03 bits per heavy atom. The third-order valence-corrected chi connectivity index (χ3v) is 5.82. The number of carbonyl (C=O) groups is 2. The standard InChI is InChI=1S/C27H19F5N4O3/c1-34-25(38)22-19-13-17(15-4-7-20(29)18(12-15)24(37)35-11-10-33)21(8-9-27(30,31)32)36-26(19)39-23(22)14-2-5-16(28)6-3-14/h2-7,12-13H,8-9,11H2,1H3,(H,34,38)(H,35,37). The van der Waals surface area contributed by atoms with E-state index in [1.165, 1.54) is 31.3 Å². The molecule has 0 aliphatic heterocycles. The minimum absolute atomic E-state index is 0.00401. The zero-order chi connectivity index (χ0) is 28.3. The molecule has 39 heavy (non-hydrogen) atoms. The largest absolute Gasteiger partial charge is 0.437 e. The van der Waals surface area contributed by atoms with Gasteiger partial charge >= 0.3 is 6.18 Å². The van der Waals surface area contributed by atoms with Crippen LogP contribution in [0.25, 0.3) is 33.6 Å². The first-order valence-corrected chi connectivity index (χ1v) is 11.5. The Balaban J connectivity index is 1.96. The molecule has 2 amide bonds. The van der Waals surface area contributed by atoms with Gasteiger partial charge in [0.1, 0.15) is 23.9 Å². The Bertz CT molecular complexity index is 1610. The van der Waals surface area contributed by atoms with Gasteiger partial charge in [-0.1, -0.05) is 6.07 Å². The van der Waals surface area contributed by atoms with Crippen LogP contribution in [0.15, 0.2) is 52.9 Å². The number of hydrogen-bond acceptors (Lipinski definition) is 5. The van der Waals surface area contributed by atoms with E-state index in [0.29, 0.717) is 5.56 Å². The molecule has 0 saturated carbocycles. The number of nitriles is 1. The fourth-order valence-electron chi connectivity index (χ4n) is 4.00. The minimum Gasteiger partial charge on any atom is -0.437 e. The molecule has 0 saturated heterocycles. The molecule has 4 aromatic rings. The molecule has 0 bridgehead atoms. The number of rotatable bonds is 7. The number of aromatic nitrogens is 1. The average Bonchev–Trinajstić information content (AvgIpc) is 3.28. The molecule has 0 fully saturated rings. The number of amides is 2. The summed E-state index contributed by atoms with van der Waals surface area (Å²) in [6.07, 6.45) is -6.33. The van der Waals surface area contributed by atoms with Crippen LogP contribution >= 0.6 is 0 Å². The van der Waals surface area contributed by atoms with Crippen molar-refractivity contribution in [2.45, 2.75) is 19.0 Å². The molecule has 0 atom stereocenters. The second kappa shape index (κ2) is 10.9. The highest BCUT2D eigenvalue weighted by atomic mass is 19.4. The van der Waals surface area contributed by atoms with Crippen LogP contribution in [0.5, 0.6) is 0 Å². The van der Waals surface area contributed by atoms with Crippen LogP contribution in [-0.2, 0) is 6.42 Å². The van der Waals surface area contributed by atoms with Gasteiger partial charge < -0.3 is 15.1 Å². The first-order valence-electron chi connectivity index (χ1n) is 11.5. The number of pyridine rings is 1. The molecule has 0 aliphatic rings. The summed E-state index contributed by atoms with van der Waals surface area (Å²) in [7, 11) is 1.37. The van der Waals surface area contributed by atoms with Gasteiger partial charge in [-0.2, -0.15) is 18.4 Å². The van der Waals surface area contributed by atoms with E-state index in [-0.39, 0.29) is 45.8 Å². The summed E-state index contributed by atoms with van der Waals surface area (Å²) in [5, 5.41) is 13.5. The molecule has 0 aliphatic carbocycles. The van der Waals surface area contributed by atoms with Crippen molar-refractivity contribution in [3.8, 4) is 28.5 Å². The highest BCUT2D eigenvalue weighted by Crippen LogP contribution is 2.37. The van der Waals surface area contributed by atoms with E-state index < -0.39 is 48.0 Å². The van der Waals surface area contributed by atoms with Crippen molar-refractivity contribution in [2.24, 2.45) is 0 Å². The molecule has 2 aromatic heterocycles. The molecule has 200 valence electrons. The number of alkyl halides is 3. The summed E-state index contributed by atoms with van der Waals surface area (Å²) in [5.41, 5.74) is -0.0555. The van der Waals surface area contributed by atoms with Crippen molar-refractivity contribution in [1.82, 2.24) is 15.6 Å². The molecule has 4 rings (SSSR count). The number of halogens is 5. The maximum absolute atomic E-state index is 14.5. The Hall–Kier alpha value is -4.79. The van der Waals surface area contributed by atoms with Gasteiger partial charge in [-0.25, -0.2) is 13.8 Å². The second-order valence-corrected chi connectivity index (χ2v) is 8.38. The monoisotopic (exact) mass is 542 g/mol. The summed E-state index contributed by atoms with van der Waals surface area (Å²) < 4.78 is 73.2. The second-order valence-electron chi connectivity index (χ2n) is 8.38. The number of hydrogen-bond donors (Lipinski definition) is 2. The van der Waals surface area contributed by atoms with E-state index in [1.54, 1.807) is 6.07 Å². The molecule has 12 heteroatoms. The van der Waals surface area contributed by atoms with Crippen LogP contribution in [0.4, 0.5) is 22.0 Å². The number of carbonyl (C=O) groups excluding carboxylic acids is 2. The SMILES string of the molecule is CNC(=O)c1c(-c2ccc(F)cc2)oc2nc(CCC(F)(F)F)c(-c3ccc(F)c(C(=O)NCC#N)c3)cc12. The fraction of sp³-hybridized carbons (Fsp3) is 0.185. The van der Waals surface area contributed by atoms with E-state index in [2.05, 4.69) is 15.6 Å². The predicted octanol–water partition coefficient (Wildman–Crippen LogP) is 5.55. The topological polar surface area (TPSA) is 108 Å². The van der Waals surface area contributed by atoms with Crippen LogP contribution in [0.3, 0.4) is 0 Å². The lowest BCUT2D eigenvalue weighted by Gasteiger charge is -2.13. The van der Waals surface area contributed by atoms with E-state index in [9.17, 15) is 31.5 Å². The van der Waals surface area contributed by atoms with Crippen molar-refractivity contribution in [1.29, 1.82) is 5.26 Å². The first-order chi connectivity index (χ1) is 18.5. The quantitative estimate of drug-likeness (QED) is 0.235. The number of furan rings is 1. The van der Waals surface area contributed by atoms with Crippen LogP contribution in [-0.4, -0.2) is 36.6 Å². The number of benzene rings is 2. The molecule has 2 N–H and O–H groups in total. The van der Waals surface area contributed by atoms with Gasteiger partial charge in [-0.3, -0.25) is 9.59 Å². The summed E-state index contributed by atoms with van der Waals surface area (Å²) in [5.74, 6) is -2.91. The zero-order valence-corrected chi connectivity index (χ0v) is 20.2. The molecular weight excluding hydrogens is 523 g/mol. The number of aryl methyl sites for hydroxylation is 1. The lowest BCUT2D eigenvalue weighted by molar-refractivity contribution is -0.134. The van der Waals surface area contributed by atoms with Gasteiger partial charge in [0.05, 0.1) is 28.3 Å². The number of fused-ring (bicyclic) bond motifs is 1. The summed E-state index contributed by atoms with van der Waals surface area (Å²) in [6, 6.07) is 11.5. The molecular formula is C27H19F5N4O3. The Morgan fingerprint density at radius 3 is 2.36 bits per heavy atom. The predicted molar refractivity (Wildman–Crippen MR) is 131 cm³/mol. The molecule has 0 spiro atoms. The molecule has 2 aromatic carbocycles. The van der Waals surface area contributed by atoms with Crippen molar-refractivity contribution in [2.75, 3.05) is 13.6 Å². The van der Waals surface area contributed by atoms with Gasteiger partial charge in [-0.15, -0.1) is 0 Å². The maximum Gasteiger partial charge on any atom is 0.389 e. The molecule has 7 nitrogen and oxygen atoms in total. The van der Waals surface area contributed by atoms with Crippen LogP contribution in [0.2, 0.25) is 0 Å². The number of nitrogens with zero attached hydrogens (tertiary/aromatic N) is 2. The third kappa shape index (κ3) is 5.87. The average molecular weight is 542 g/mol. The van der Waals surface area contributed by atoms with Crippen LogP contribution in [0.1, 0.15) is 32.8 Å². The summed E-state index contributed by atoms with van der Waals surface area (Å²) >= 11 is 0. The molecule has 0 unspecified atom stereocenters.